The number of para-hydroxylation sites is 1. The molecule has 2 heterocycles. The van der Waals surface area contributed by atoms with Gasteiger partial charge in [0.05, 0.1) is 11.5 Å². The fourth-order valence-corrected chi connectivity index (χ4v) is 3.71. The zero-order chi connectivity index (χ0) is 16.9. The van der Waals surface area contributed by atoms with Gasteiger partial charge in [0, 0.05) is 38.4 Å². The van der Waals surface area contributed by atoms with Crippen LogP contribution in [0.5, 0.6) is 0 Å². The standard InChI is InChI=1S/C17H21N3O3S/c1-2-23-16(21)15-14(24-17(22)18-15)12-19-8-10-20(11-9-19)13-6-4-3-5-7-13/h3-7H,2,8-12H2,1H3,(H,18,22). The monoisotopic (exact) mass is 347 g/mol. The second-order valence-corrected chi connectivity index (χ2v) is 6.70. The van der Waals surface area contributed by atoms with Gasteiger partial charge >= 0.3 is 10.8 Å². The van der Waals surface area contributed by atoms with Gasteiger partial charge < -0.3 is 14.6 Å². The zero-order valence-corrected chi connectivity index (χ0v) is 14.5. The molecule has 2 aromatic rings. The molecule has 1 aliphatic rings. The van der Waals surface area contributed by atoms with Crippen molar-refractivity contribution in [1.29, 1.82) is 0 Å². The lowest BCUT2D eigenvalue weighted by atomic mass is 10.2. The summed E-state index contributed by atoms with van der Waals surface area (Å²) < 4.78 is 5.02. The Hall–Kier alpha value is -2.12. The molecule has 0 bridgehead atoms. The summed E-state index contributed by atoms with van der Waals surface area (Å²) in [5, 5.41) is 0. The Labute approximate surface area is 144 Å². The van der Waals surface area contributed by atoms with Gasteiger partial charge in [-0.25, -0.2) is 4.79 Å². The average Bonchev–Trinajstić information content (AvgIpc) is 2.97. The Morgan fingerprint density at radius 3 is 2.58 bits per heavy atom. The van der Waals surface area contributed by atoms with E-state index >= 15 is 0 Å². The largest absolute Gasteiger partial charge is 0.461 e. The number of thiazole rings is 1. The number of aromatic nitrogens is 1. The van der Waals surface area contributed by atoms with Crippen molar-refractivity contribution in [3.63, 3.8) is 0 Å². The van der Waals surface area contributed by atoms with Crippen LogP contribution >= 0.6 is 11.3 Å². The fourth-order valence-electron chi connectivity index (χ4n) is 2.85. The topological polar surface area (TPSA) is 65.6 Å². The molecule has 1 aromatic heterocycles. The first kappa shape index (κ1) is 16.7. The van der Waals surface area contributed by atoms with Gasteiger partial charge in [-0.2, -0.15) is 0 Å². The first-order valence-electron chi connectivity index (χ1n) is 8.09. The van der Waals surface area contributed by atoms with Gasteiger partial charge in [0.2, 0.25) is 0 Å². The van der Waals surface area contributed by atoms with Crippen molar-refractivity contribution in [2.24, 2.45) is 0 Å². The number of aromatic amines is 1. The van der Waals surface area contributed by atoms with E-state index in [2.05, 4.69) is 26.9 Å². The highest BCUT2D eigenvalue weighted by molar-refractivity contribution is 7.09. The van der Waals surface area contributed by atoms with E-state index in [4.69, 9.17) is 4.74 Å². The van der Waals surface area contributed by atoms with Crippen molar-refractivity contribution in [1.82, 2.24) is 9.88 Å². The molecule has 6 nitrogen and oxygen atoms in total. The number of piperazine rings is 1. The summed E-state index contributed by atoms with van der Waals surface area (Å²) in [5.41, 5.74) is 1.54. The van der Waals surface area contributed by atoms with Crippen molar-refractivity contribution < 1.29 is 9.53 Å². The first-order valence-corrected chi connectivity index (χ1v) is 8.90. The molecule has 0 spiro atoms. The number of hydrogen-bond acceptors (Lipinski definition) is 6. The fraction of sp³-hybridized carbons (Fsp3) is 0.412. The van der Waals surface area contributed by atoms with Crippen LogP contribution < -0.4 is 9.77 Å². The molecule has 24 heavy (non-hydrogen) atoms. The molecule has 0 atom stereocenters. The van der Waals surface area contributed by atoms with Crippen LogP contribution in [-0.4, -0.2) is 48.6 Å². The van der Waals surface area contributed by atoms with Crippen molar-refractivity contribution in [3.05, 3.63) is 50.6 Å². The highest BCUT2D eigenvalue weighted by atomic mass is 32.1. The predicted molar refractivity (Wildman–Crippen MR) is 94.8 cm³/mol. The number of ether oxygens (including phenoxy) is 1. The maximum absolute atomic E-state index is 11.9. The summed E-state index contributed by atoms with van der Waals surface area (Å²) in [7, 11) is 0. The third kappa shape index (κ3) is 3.85. The zero-order valence-electron chi connectivity index (χ0n) is 13.7. The summed E-state index contributed by atoms with van der Waals surface area (Å²) in [4.78, 5) is 31.3. The molecular formula is C17H21N3O3S. The SMILES string of the molecule is CCOC(=O)c1[nH]c(=O)sc1CN1CCN(c2ccccc2)CC1. The second-order valence-electron chi connectivity index (χ2n) is 5.63. The van der Waals surface area contributed by atoms with Gasteiger partial charge in [-0.05, 0) is 19.1 Å². The third-order valence-electron chi connectivity index (χ3n) is 4.06. The van der Waals surface area contributed by atoms with Gasteiger partial charge in [-0.3, -0.25) is 9.69 Å². The molecular weight excluding hydrogens is 326 g/mol. The molecule has 1 fully saturated rings. The lowest BCUT2D eigenvalue weighted by molar-refractivity contribution is 0.0517. The van der Waals surface area contributed by atoms with Gasteiger partial charge in [0.25, 0.3) is 0 Å². The Balaban J connectivity index is 1.62. The minimum atomic E-state index is -0.450. The van der Waals surface area contributed by atoms with E-state index in [-0.39, 0.29) is 4.87 Å². The highest BCUT2D eigenvalue weighted by Crippen LogP contribution is 2.19. The first-order chi connectivity index (χ1) is 11.7. The number of hydrogen-bond donors (Lipinski definition) is 1. The Morgan fingerprint density at radius 2 is 1.92 bits per heavy atom. The average molecular weight is 347 g/mol. The van der Waals surface area contributed by atoms with Crippen molar-refractivity contribution in [3.8, 4) is 0 Å². The molecule has 3 rings (SSSR count). The Bertz CT molecular complexity index is 733. The van der Waals surface area contributed by atoms with Crippen LogP contribution in [-0.2, 0) is 11.3 Å². The molecule has 1 aromatic carbocycles. The molecule has 0 amide bonds. The van der Waals surface area contributed by atoms with Crippen LogP contribution in [0.1, 0.15) is 22.3 Å². The van der Waals surface area contributed by atoms with Gasteiger partial charge in [-0.15, -0.1) is 0 Å². The summed E-state index contributed by atoms with van der Waals surface area (Å²) >= 11 is 1.09. The summed E-state index contributed by atoms with van der Waals surface area (Å²) in [6, 6.07) is 10.3. The summed E-state index contributed by atoms with van der Waals surface area (Å²) in [6.45, 7) is 6.29. The Morgan fingerprint density at radius 1 is 1.21 bits per heavy atom. The van der Waals surface area contributed by atoms with E-state index in [0.29, 0.717) is 18.8 Å². The van der Waals surface area contributed by atoms with E-state index in [0.717, 1.165) is 42.4 Å². The number of carbonyl (C=O) groups excluding carboxylic acids is 1. The summed E-state index contributed by atoms with van der Waals surface area (Å²) in [6.07, 6.45) is 0. The van der Waals surface area contributed by atoms with Crippen LogP contribution in [0.2, 0.25) is 0 Å². The van der Waals surface area contributed by atoms with E-state index in [1.807, 2.05) is 18.2 Å². The second kappa shape index (κ2) is 7.63. The number of esters is 1. The van der Waals surface area contributed by atoms with Crippen LogP contribution in [0.3, 0.4) is 0 Å². The number of rotatable bonds is 5. The van der Waals surface area contributed by atoms with Crippen molar-refractivity contribution in [2.75, 3.05) is 37.7 Å². The van der Waals surface area contributed by atoms with Crippen molar-refractivity contribution >= 4 is 23.0 Å². The lowest BCUT2D eigenvalue weighted by Crippen LogP contribution is -2.46. The molecule has 128 valence electrons. The van der Waals surface area contributed by atoms with Crippen LogP contribution in [0, 0.1) is 0 Å². The number of carbonyl (C=O) groups is 1. The van der Waals surface area contributed by atoms with E-state index < -0.39 is 5.97 Å². The minimum Gasteiger partial charge on any atom is -0.461 e. The van der Waals surface area contributed by atoms with Crippen LogP contribution in [0.25, 0.3) is 0 Å². The molecule has 1 saturated heterocycles. The molecule has 1 aliphatic heterocycles. The maximum Gasteiger partial charge on any atom is 0.356 e. The quantitative estimate of drug-likeness (QED) is 0.838. The lowest BCUT2D eigenvalue weighted by Gasteiger charge is -2.35. The molecule has 7 heteroatoms. The number of nitrogens with one attached hydrogen (secondary N) is 1. The van der Waals surface area contributed by atoms with Gasteiger partial charge in [0.15, 0.2) is 0 Å². The highest BCUT2D eigenvalue weighted by Gasteiger charge is 2.22. The predicted octanol–water partition coefficient (Wildman–Crippen LogP) is 1.94. The number of anilines is 1. The minimum absolute atomic E-state index is 0.212. The van der Waals surface area contributed by atoms with E-state index in [1.54, 1.807) is 6.92 Å². The Kier molecular flexibility index (Phi) is 5.32. The molecule has 1 N–H and O–H groups in total. The van der Waals surface area contributed by atoms with Crippen molar-refractivity contribution in [2.45, 2.75) is 13.5 Å². The van der Waals surface area contributed by atoms with E-state index in [1.165, 1.54) is 5.69 Å². The third-order valence-corrected chi connectivity index (χ3v) is 4.93. The number of benzene rings is 1. The number of nitrogens with zero attached hydrogens (tertiary/aromatic N) is 2. The van der Waals surface area contributed by atoms with Gasteiger partial charge in [0.1, 0.15) is 5.69 Å². The van der Waals surface area contributed by atoms with Gasteiger partial charge in [-0.1, -0.05) is 29.5 Å². The molecule has 0 aliphatic carbocycles. The van der Waals surface area contributed by atoms with Crippen LogP contribution in [0.4, 0.5) is 5.69 Å². The van der Waals surface area contributed by atoms with Crippen LogP contribution in [0.15, 0.2) is 35.1 Å². The maximum atomic E-state index is 11.9. The van der Waals surface area contributed by atoms with E-state index in [9.17, 15) is 9.59 Å². The smallest absolute Gasteiger partial charge is 0.356 e. The molecule has 0 unspecified atom stereocenters. The normalized spacial score (nSPS) is 15.5. The molecule has 0 saturated carbocycles. The summed E-state index contributed by atoms with van der Waals surface area (Å²) in [5.74, 6) is -0.450. The number of H-pyrrole nitrogens is 1. The molecule has 0 radical (unpaired) electrons.